The van der Waals surface area contributed by atoms with Crippen LogP contribution in [0.15, 0.2) is 24.3 Å². The first-order valence-corrected chi connectivity index (χ1v) is 3.91. The van der Waals surface area contributed by atoms with Gasteiger partial charge in [0.05, 0.1) is 4.92 Å². The second-order valence-corrected chi connectivity index (χ2v) is 2.70. The van der Waals surface area contributed by atoms with Gasteiger partial charge in [-0.2, -0.15) is 0 Å². The third-order valence-corrected chi connectivity index (χ3v) is 1.79. The summed E-state index contributed by atoms with van der Waals surface area (Å²) in [6, 6.07) is 5.53. The molecule has 1 N–H and O–H groups in total. The van der Waals surface area contributed by atoms with E-state index >= 15 is 0 Å². The summed E-state index contributed by atoms with van der Waals surface area (Å²) in [6.45, 7) is 0. The second-order valence-electron chi connectivity index (χ2n) is 2.70. The summed E-state index contributed by atoms with van der Waals surface area (Å²) in [4.78, 5) is 10.4. The van der Waals surface area contributed by atoms with E-state index < -0.39 is 4.92 Å². The van der Waals surface area contributed by atoms with Crippen molar-refractivity contribution in [2.24, 2.45) is 0 Å². The first-order chi connectivity index (χ1) is 7.18. The molecule has 0 amide bonds. The van der Waals surface area contributed by atoms with Crippen molar-refractivity contribution in [2.45, 2.75) is 0 Å². The summed E-state index contributed by atoms with van der Waals surface area (Å²) in [5, 5.41) is 29.5. The molecule has 0 aliphatic rings. The summed E-state index contributed by atoms with van der Waals surface area (Å²) >= 11 is 0. The van der Waals surface area contributed by atoms with Gasteiger partial charge in [-0.15, -0.1) is 5.10 Å². The van der Waals surface area contributed by atoms with Gasteiger partial charge >= 0.3 is 0 Å². The van der Waals surface area contributed by atoms with E-state index in [1.807, 2.05) is 0 Å². The average molecular weight is 207 g/mol. The lowest BCUT2D eigenvalue weighted by atomic mass is 10.2. The van der Waals surface area contributed by atoms with E-state index in [-0.39, 0.29) is 11.5 Å². The van der Waals surface area contributed by atoms with Crippen molar-refractivity contribution in [1.82, 2.24) is 20.4 Å². The van der Waals surface area contributed by atoms with Gasteiger partial charge in [-0.25, -0.2) is 0 Å². The van der Waals surface area contributed by atoms with E-state index in [1.165, 1.54) is 24.3 Å². The molecule has 0 aliphatic carbocycles. The van der Waals surface area contributed by atoms with Crippen LogP contribution in [0.3, 0.4) is 0 Å². The van der Waals surface area contributed by atoms with Crippen LogP contribution >= 0.6 is 0 Å². The molecule has 2 aromatic rings. The zero-order chi connectivity index (χ0) is 10.8. The lowest BCUT2D eigenvalue weighted by Gasteiger charge is -1.96. The number of non-ortho nitro benzene ring substituents is 1. The molecule has 1 aromatic carbocycles. The first kappa shape index (κ1) is 9.06. The number of hydrogen-bond acceptors (Lipinski definition) is 6. The average Bonchev–Trinajstić information content (AvgIpc) is 2.65. The van der Waals surface area contributed by atoms with Gasteiger partial charge in [0.2, 0.25) is 5.82 Å². The van der Waals surface area contributed by atoms with Gasteiger partial charge in [-0.3, -0.25) is 10.1 Å². The predicted octanol–water partition coefficient (Wildman–Crippen LogP) is 0.486. The number of aromatic nitrogens is 4. The Bertz CT molecular complexity index is 492. The van der Waals surface area contributed by atoms with Gasteiger partial charge in [0.15, 0.2) is 0 Å². The molecule has 0 bridgehead atoms. The molecule has 0 spiro atoms. The molecule has 0 fully saturated rings. The highest BCUT2D eigenvalue weighted by atomic mass is 16.6. The van der Waals surface area contributed by atoms with Crippen molar-refractivity contribution in [3.05, 3.63) is 34.4 Å². The summed E-state index contributed by atoms with van der Waals surface area (Å²) in [5.74, 6) is 0.130. The predicted molar refractivity (Wildman–Crippen MR) is 47.1 cm³/mol. The molecule has 8 nitrogen and oxygen atoms in total. The summed E-state index contributed by atoms with van der Waals surface area (Å²) in [5.41, 5.74) is 0.462. The Balaban J connectivity index is 2.40. The molecule has 76 valence electrons. The van der Waals surface area contributed by atoms with E-state index in [9.17, 15) is 10.1 Å². The quantitative estimate of drug-likeness (QED) is 0.436. The van der Waals surface area contributed by atoms with Gasteiger partial charge in [-0.1, -0.05) is 4.85 Å². The Hall–Kier alpha value is -2.51. The fourth-order valence-electron chi connectivity index (χ4n) is 1.09. The number of tetrazole rings is 1. The molecule has 0 radical (unpaired) electrons. The minimum atomic E-state index is -0.508. The maximum atomic E-state index is 10.4. The van der Waals surface area contributed by atoms with Crippen molar-refractivity contribution in [3.63, 3.8) is 0 Å². The minimum absolute atomic E-state index is 0.0317. The second kappa shape index (κ2) is 3.33. The first-order valence-electron chi connectivity index (χ1n) is 3.91. The minimum Gasteiger partial charge on any atom is -0.409 e. The molecular formula is C7H5N5O3. The summed E-state index contributed by atoms with van der Waals surface area (Å²) < 4.78 is 0. The van der Waals surface area contributed by atoms with E-state index in [1.54, 1.807) is 0 Å². The van der Waals surface area contributed by atoms with Crippen LogP contribution in [0.2, 0.25) is 0 Å². The molecule has 1 heterocycles. The maximum absolute atomic E-state index is 10.4. The summed E-state index contributed by atoms with van der Waals surface area (Å²) in [6.07, 6.45) is 0. The number of rotatable bonds is 2. The summed E-state index contributed by atoms with van der Waals surface area (Å²) in [7, 11) is 0. The van der Waals surface area contributed by atoms with Gasteiger partial charge in [0, 0.05) is 17.7 Å². The van der Waals surface area contributed by atoms with Crippen LogP contribution in [0, 0.1) is 10.1 Å². The van der Waals surface area contributed by atoms with Crippen molar-refractivity contribution in [3.8, 4) is 11.4 Å². The Kier molecular flexibility index (Phi) is 2.01. The Labute approximate surface area is 82.9 Å². The Morgan fingerprint density at radius 3 is 2.47 bits per heavy atom. The lowest BCUT2D eigenvalue weighted by Crippen LogP contribution is -1.96. The largest absolute Gasteiger partial charge is 0.409 e. The molecule has 0 unspecified atom stereocenters. The molecule has 8 heteroatoms. The van der Waals surface area contributed by atoms with Gasteiger partial charge in [0.25, 0.3) is 5.69 Å². The lowest BCUT2D eigenvalue weighted by molar-refractivity contribution is -0.384. The van der Waals surface area contributed by atoms with Crippen molar-refractivity contribution in [1.29, 1.82) is 0 Å². The van der Waals surface area contributed by atoms with Crippen LogP contribution in [0.5, 0.6) is 0 Å². The molecule has 15 heavy (non-hydrogen) atoms. The zero-order valence-electron chi connectivity index (χ0n) is 7.31. The van der Waals surface area contributed by atoms with Gasteiger partial charge in [-0.05, 0) is 22.6 Å². The SMILES string of the molecule is O=[N+]([O-])c1ccc(-c2nnnn2O)cc1. The van der Waals surface area contributed by atoms with Gasteiger partial charge < -0.3 is 5.21 Å². The fourth-order valence-corrected chi connectivity index (χ4v) is 1.09. The van der Waals surface area contributed by atoms with Crippen LogP contribution in [0.1, 0.15) is 0 Å². The third kappa shape index (κ3) is 1.59. The topological polar surface area (TPSA) is 107 Å². The normalized spacial score (nSPS) is 10.1. The standard InChI is InChI=1S/C7H5N5O3/c13-11-7(8-9-10-11)5-1-3-6(4-2-5)12(14)15/h1-4,13H. The van der Waals surface area contributed by atoms with E-state index in [0.717, 1.165) is 0 Å². The van der Waals surface area contributed by atoms with Crippen molar-refractivity contribution >= 4 is 5.69 Å². The van der Waals surface area contributed by atoms with Crippen molar-refractivity contribution < 1.29 is 10.1 Å². The number of benzene rings is 1. The molecule has 0 aliphatic heterocycles. The van der Waals surface area contributed by atoms with Crippen LogP contribution in [0.25, 0.3) is 11.4 Å². The number of nitro benzene ring substituents is 1. The number of nitrogens with zero attached hydrogens (tertiary/aromatic N) is 5. The van der Waals surface area contributed by atoms with Gasteiger partial charge in [0.1, 0.15) is 0 Å². The van der Waals surface area contributed by atoms with E-state index in [2.05, 4.69) is 15.5 Å². The molecule has 0 saturated carbocycles. The van der Waals surface area contributed by atoms with Crippen LogP contribution in [0.4, 0.5) is 5.69 Å². The highest BCUT2D eigenvalue weighted by Crippen LogP contribution is 2.18. The monoisotopic (exact) mass is 207 g/mol. The number of hydrogen-bond donors (Lipinski definition) is 1. The molecule has 0 atom stereocenters. The van der Waals surface area contributed by atoms with Crippen LogP contribution < -0.4 is 0 Å². The van der Waals surface area contributed by atoms with Crippen LogP contribution in [-0.2, 0) is 0 Å². The molecule has 2 rings (SSSR count). The highest BCUT2D eigenvalue weighted by molar-refractivity contribution is 5.56. The number of nitro groups is 1. The Morgan fingerprint density at radius 1 is 1.33 bits per heavy atom. The zero-order valence-corrected chi connectivity index (χ0v) is 7.31. The van der Waals surface area contributed by atoms with Crippen LogP contribution in [-0.4, -0.2) is 30.5 Å². The maximum Gasteiger partial charge on any atom is 0.269 e. The van der Waals surface area contributed by atoms with Crippen molar-refractivity contribution in [2.75, 3.05) is 0 Å². The smallest absolute Gasteiger partial charge is 0.269 e. The fraction of sp³-hybridized carbons (Fsp3) is 0. The third-order valence-electron chi connectivity index (χ3n) is 1.79. The molecular weight excluding hydrogens is 202 g/mol. The molecule has 1 aromatic heterocycles. The highest BCUT2D eigenvalue weighted by Gasteiger charge is 2.10. The van der Waals surface area contributed by atoms with E-state index in [4.69, 9.17) is 5.21 Å². The Morgan fingerprint density at radius 2 is 2.00 bits per heavy atom. The molecule has 0 saturated heterocycles. The van der Waals surface area contributed by atoms with E-state index in [0.29, 0.717) is 10.4 Å².